The Balaban J connectivity index is 2.34. The molecule has 3 heteroatoms. The molecule has 2 rings (SSSR count). The lowest BCUT2D eigenvalue weighted by Crippen LogP contribution is -2.21. The Hall–Kier alpha value is -1.61. The molecule has 0 bridgehead atoms. The van der Waals surface area contributed by atoms with E-state index in [0.717, 1.165) is 18.8 Å². The molecule has 108 valence electrons. The van der Waals surface area contributed by atoms with Gasteiger partial charge in [-0.05, 0) is 43.5 Å². The van der Waals surface area contributed by atoms with Gasteiger partial charge in [0.05, 0.1) is 5.69 Å². The number of aromatic nitrogens is 2. The fraction of sp³-hybridized carbons (Fsp3) is 0.471. The average molecular weight is 271 g/mol. The van der Waals surface area contributed by atoms with Crippen LogP contribution in [0.2, 0.25) is 0 Å². The summed E-state index contributed by atoms with van der Waals surface area (Å²) >= 11 is 0. The third-order valence-electron chi connectivity index (χ3n) is 3.58. The van der Waals surface area contributed by atoms with Crippen molar-refractivity contribution in [1.82, 2.24) is 15.1 Å². The third kappa shape index (κ3) is 3.28. The van der Waals surface area contributed by atoms with E-state index in [1.807, 2.05) is 4.68 Å². The van der Waals surface area contributed by atoms with Crippen LogP contribution in [-0.2, 0) is 13.1 Å². The van der Waals surface area contributed by atoms with Crippen molar-refractivity contribution in [2.75, 3.05) is 0 Å². The van der Waals surface area contributed by atoms with Gasteiger partial charge in [0.15, 0.2) is 0 Å². The molecular formula is C17H25N3. The normalized spacial score (nSPS) is 11.3. The van der Waals surface area contributed by atoms with Crippen molar-refractivity contribution in [3.05, 3.63) is 41.2 Å². The minimum Gasteiger partial charge on any atom is -0.310 e. The fourth-order valence-corrected chi connectivity index (χ4v) is 2.34. The first-order valence-electron chi connectivity index (χ1n) is 7.38. The van der Waals surface area contributed by atoms with Crippen LogP contribution in [0, 0.1) is 13.8 Å². The average Bonchev–Trinajstić information content (AvgIpc) is 2.79. The summed E-state index contributed by atoms with van der Waals surface area (Å²) in [6, 6.07) is 7.20. The molecular weight excluding hydrogens is 246 g/mol. The third-order valence-corrected chi connectivity index (χ3v) is 3.58. The van der Waals surface area contributed by atoms with Crippen LogP contribution >= 0.6 is 0 Å². The topological polar surface area (TPSA) is 29.9 Å². The highest BCUT2D eigenvalue weighted by Gasteiger charge is 2.10. The molecule has 1 heterocycles. The van der Waals surface area contributed by atoms with Crippen molar-refractivity contribution in [3.63, 3.8) is 0 Å². The lowest BCUT2D eigenvalue weighted by Gasteiger charge is -2.11. The second kappa shape index (κ2) is 6.23. The van der Waals surface area contributed by atoms with Crippen molar-refractivity contribution in [3.8, 4) is 11.1 Å². The van der Waals surface area contributed by atoms with Crippen LogP contribution in [-0.4, -0.2) is 15.8 Å². The quantitative estimate of drug-likeness (QED) is 0.899. The number of nitrogens with one attached hydrogen (secondary N) is 1. The van der Waals surface area contributed by atoms with Crippen LogP contribution < -0.4 is 5.32 Å². The van der Waals surface area contributed by atoms with Crippen LogP contribution in [0.15, 0.2) is 24.4 Å². The summed E-state index contributed by atoms with van der Waals surface area (Å²) in [5, 5.41) is 8.02. The van der Waals surface area contributed by atoms with Crippen LogP contribution in [0.5, 0.6) is 0 Å². The molecule has 0 saturated carbocycles. The highest BCUT2D eigenvalue weighted by molar-refractivity contribution is 5.69. The first-order chi connectivity index (χ1) is 9.51. The second-order valence-electron chi connectivity index (χ2n) is 5.67. The maximum Gasteiger partial charge on any atom is 0.0672 e. The Labute approximate surface area is 122 Å². The van der Waals surface area contributed by atoms with Gasteiger partial charge in [-0.3, -0.25) is 4.68 Å². The van der Waals surface area contributed by atoms with Crippen molar-refractivity contribution >= 4 is 0 Å². The zero-order valence-electron chi connectivity index (χ0n) is 13.2. The van der Waals surface area contributed by atoms with Crippen LogP contribution in [0.4, 0.5) is 0 Å². The maximum absolute atomic E-state index is 4.55. The van der Waals surface area contributed by atoms with Gasteiger partial charge >= 0.3 is 0 Å². The number of aryl methyl sites for hydroxylation is 3. The highest BCUT2D eigenvalue weighted by Crippen LogP contribution is 2.27. The van der Waals surface area contributed by atoms with Crippen molar-refractivity contribution in [1.29, 1.82) is 0 Å². The zero-order valence-corrected chi connectivity index (χ0v) is 13.2. The van der Waals surface area contributed by atoms with Gasteiger partial charge in [-0.1, -0.05) is 26.0 Å². The summed E-state index contributed by atoms with van der Waals surface area (Å²) in [5.41, 5.74) is 6.27. The summed E-state index contributed by atoms with van der Waals surface area (Å²) in [6.07, 6.45) is 2.15. The zero-order chi connectivity index (χ0) is 14.7. The number of hydrogen-bond donors (Lipinski definition) is 1. The fourth-order valence-electron chi connectivity index (χ4n) is 2.34. The maximum atomic E-state index is 4.55. The molecule has 0 aliphatic heterocycles. The molecule has 0 saturated heterocycles. The van der Waals surface area contributed by atoms with Gasteiger partial charge in [0, 0.05) is 30.9 Å². The molecule has 1 N–H and O–H groups in total. The van der Waals surface area contributed by atoms with E-state index in [0.29, 0.717) is 6.04 Å². The lowest BCUT2D eigenvalue weighted by molar-refractivity contribution is 0.589. The first-order valence-corrected chi connectivity index (χ1v) is 7.38. The van der Waals surface area contributed by atoms with Crippen molar-refractivity contribution in [2.24, 2.45) is 0 Å². The van der Waals surface area contributed by atoms with E-state index in [2.05, 4.69) is 69.4 Å². The van der Waals surface area contributed by atoms with Crippen LogP contribution in [0.3, 0.4) is 0 Å². The molecule has 0 unspecified atom stereocenters. The van der Waals surface area contributed by atoms with E-state index < -0.39 is 0 Å². The van der Waals surface area contributed by atoms with E-state index in [1.54, 1.807) is 0 Å². The number of benzene rings is 1. The summed E-state index contributed by atoms with van der Waals surface area (Å²) in [4.78, 5) is 0. The first kappa shape index (κ1) is 14.8. The summed E-state index contributed by atoms with van der Waals surface area (Å²) in [6.45, 7) is 12.5. The number of hydrogen-bond acceptors (Lipinski definition) is 2. The molecule has 1 aromatic heterocycles. The molecule has 2 aromatic rings. The van der Waals surface area contributed by atoms with E-state index >= 15 is 0 Å². The van der Waals surface area contributed by atoms with E-state index in [-0.39, 0.29) is 0 Å². The Morgan fingerprint density at radius 3 is 2.55 bits per heavy atom. The molecule has 0 spiro atoms. The molecule has 0 aliphatic carbocycles. The Kier molecular flexibility index (Phi) is 4.61. The molecule has 20 heavy (non-hydrogen) atoms. The van der Waals surface area contributed by atoms with Gasteiger partial charge in [-0.15, -0.1) is 0 Å². The minimum absolute atomic E-state index is 0.504. The largest absolute Gasteiger partial charge is 0.310 e. The SMILES string of the molecule is CCn1cc(-c2cc(CNC(C)C)ccc2C)c(C)n1. The van der Waals surface area contributed by atoms with Crippen LogP contribution in [0.25, 0.3) is 11.1 Å². The summed E-state index contributed by atoms with van der Waals surface area (Å²) in [5.74, 6) is 0. The standard InChI is InChI=1S/C17H25N3/c1-6-20-11-17(14(5)19-20)16-9-15(8-7-13(16)4)10-18-12(2)3/h7-9,11-12,18H,6,10H2,1-5H3. The van der Waals surface area contributed by atoms with Gasteiger partial charge in [-0.25, -0.2) is 0 Å². The van der Waals surface area contributed by atoms with Crippen molar-refractivity contribution < 1.29 is 0 Å². The van der Waals surface area contributed by atoms with E-state index in [9.17, 15) is 0 Å². The van der Waals surface area contributed by atoms with Gasteiger partial charge < -0.3 is 5.32 Å². The Morgan fingerprint density at radius 2 is 1.95 bits per heavy atom. The second-order valence-corrected chi connectivity index (χ2v) is 5.67. The molecule has 0 amide bonds. The van der Waals surface area contributed by atoms with E-state index in [1.165, 1.54) is 22.3 Å². The predicted molar refractivity (Wildman–Crippen MR) is 84.8 cm³/mol. The smallest absolute Gasteiger partial charge is 0.0672 e. The molecule has 3 nitrogen and oxygen atoms in total. The lowest BCUT2D eigenvalue weighted by atomic mass is 9.98. The molecule has 0 aliphatic rings. The van der Waals surface area contributed by atoms with Gasteiger partial charge in [0.1, 0.15) is 0 Å². The Morgan fingerprint density at radius 1 is 1.20 bits per heavy atom. The Bertz CT molecular complexity index is 582. The summed E-state index contributed by atoms with van der Waals surface area (Å²) < 4.78 is 2.00. The summed E-state index contributed by atoms with van der Waals surface area (Å²) in [7, 11) is 0. The van der Waals surface area contributed by atoms with Crippen molar-refractivity contribution in [2.45, 2.75) is 53.8 Å². The highest BCUT2D eigenvalue weighted by atomic mass is 15.3. The predicted octanol–water partition coefficient (Wildman–Crippen LogP) is 3.68. The number of nitrogens with zero attached hydrogens (tertiary/aromatic N) is 2. The van der Waals surface area contributed by atoms with Gasteiger partial charge in [-0.2, -0.15) is 5.10 Å². The molecule has 0 atom stereocenters. The van der Waals surface area contributed by atoms with Gasteiger partial charge in [0.2, 0.25) is 0 Å². The van der Waals surface area contributed by atoms with Gasteiger partial charge in [0.25, 0.3) is 0 Å². The minimum atomic E-state index is 0.504. The number of rotatable bonds is 5. The molecule has 1 aromatic carbocycles. The molecule has 0 fully saturated rings. The molecule has 0 radical (unpaired) electrons. The monoisotopic (exact) mass is 271 g/mol. The van der Waals surface area contributed by atoms with E-state index in [4.69, 9.17) is 0 Å². The van der Waals surface area contributed by atoms with Crippen LogP contribution in [0.1, 0.15) is 37.6 Å².